The number of hydrogen-bond acceptors (Lipinski definition) is 4. The Kier molecular flexibility index (Phi) is 11.6. The Morgan fingerprint density at radius 3 is 2.06 bits per heavy atom. The van der Waals surface area contributed by atoms with E-state index in [-0.39, 0.29) is 6.04 Å². The van der Waals surface area contributed by atoms with Crippen molar-refractivity contribution < 1.29 is 19.4 Å². The fourth-order valence-corrected chi connectivity index (χ4v) is 7.15. The summed E-state index contributed by atoms with van der Waals surface area (Å²) in [4.78, 5) is 13.8. The highest BCUT2D eigenvalue weighted by atomic mass is 16.5. The van der Waals surface area contributed by atoms with Crippen molar-refractivity contribution in [3.8, 4) is 5.75 Å². The number of likely N-dealkylation sites (N-methyl/N-ethyl adjacent to an activating group) is 1. The number of rotatable bonds is 15. The molecule has 2 atom stereocenters. The molecule has 5 aromatic carbocycles. The number of nitrogens with zero attached hydrogens (tertiary/aromatic N) is 1. The van der Waals surface area contributed by atoms with Gasteiger partial charge in [-0.05, 0) is 108 Å². The van der Waals surface area contributed by atoms with Crippen LogP contribution in [0.4, 0.5) is 0 Å². The Bertz CT molecular complexity index is 1800. The van der Waals surface area contributed by atoms with Crippen LogP contribution < -0.4 is 4.74 Å². The molecule has 0 saturated carbocycles. The zero-order valence-corrected chi connectivity index (χ0v) is 28.7. The van der Waals surface area contributed by atoms with Gasteiger partial charge in [-0.25, -0.2) is 4.79 Å². The monoisotopic (exact) mass is 653 g/mol. The molecule has 5 nitrogen and oxygen atoms in total. The van der Waals surface area contributed by atoms with Gasteiger partial charge in [-0.2, -0.15) is 0 Å². The summed E-state index contributed by atoms with van der Waals surface area (Å²) < 4.78 is 11.3. The Labute approximate surface area is 291 Å². The number of carboxylic acid groups (broad SMARTS) is 1. The fraction of sp³-hybridized carbons (Fsp3) is 0.295. The first-order chi connectivity index (χ1) is 24.0. The molecule has 49 heavy (non-hydrogen) atoms. The molecule has 2 unspecified atom stereocenters. The lowest BCUT2D eigenvalue weighted by Gasteiger charge is -2.31. The zero-order valence-electron chi connectivity index (χ0n) is 28.7. The van der Waals surface area contributed by atoms with Gasteiger partial charge in [-0.1, -0.05) is 109 Å². The van der Waals surface area contributed by atoms with E-state index in [9.17, 15) is 9.90 Å². The highest BCUT2D eigenvalue weighted by Gasteiger charge is 2.28. The van der Waals surface area contributed by atoms with E-state index >= 15 is 0 Å². The van der Waals surface area contributed by atoms with Gasteiger partial charge >= 0.3 is 5.97 Å². The van der Waals surface area contributed by atoms with Crippen LogP contribution in [-0.2, 0) is 54.5 Å². The second-order valence-corrected chi connectivity index (χ2v) is 13.1. The average Bonchev–Trinajstić information content (AvgIpc) is 3.30. The van der Waals surface area contributed by atoms with Crippen LogP contribution in [-0.4, -0.2) is 49.4 Å². The summed E-state index contributed by atoms with van der Waals surface area (Å²) in [5.74, 6) is -0.186. The van der Waals surface area contributed by atoms with Crippen molar-refractivity contribution >= 4 is 5.97 Å². The second-order valence-electron chi connectivity index (χ2n) is 13.1. The maximum Gasteiger partial charge on any atom is 0.333 e. The second kappa shape index (κ2) is 16.6. The minimum Gasteiger partial charge on any atom is -0.492 e. The number of fused-ring (bicyclic) bond motifs is 2. The maximum atomic E-state index is 11.4. The number of methoxy groups -OCH3 is 1. The number of ether oxygens (including phenoxy) is 2. The normalized spacial score (nSPS) is 14.5. The molecule has 1 aliphatic rings. The van der Waals surface area contributed by atoms with Crippen LogP contribution in [0.2, 0.25) is 0 Å². The lowest BCUT2D eigenvalue weighted by atomic mass is 9.89. The van der Waals surface area contributed by atoms with Gasteiger partial charge in [0.25, 0.3) is 0 Å². The quantitative estimate of drug-likeness (QED) is 0.124. The van der Waals surface area contributed by atoms with Crippen molar-refractivity contribution in [3.63, 3.8) is 0 Å². The predicted octanol–water partition coefficient (Wildman–Crippen LogP) is 8.10. The van der Waals surface area contributed by atoms with Gasteiger partial charge in [-0.3, -0.25) is 4.90 Å². The van der Waals surface area contributed by atoms with Gasteiger partial charge < -0.3 is 14.6 Å². The van der Waals surface area contributed by atoms with Gasteiger partial charge in [-0.15, -0.1) is 0 Å². The highest BCUT2D eigenvalue weighted by molar-refractivity contribution is 5.72. The number of aryl methyl sites for hydroxylation is 5. The minimum atomic E-state index is -0.959. The summed E-state index contributed by atoms with van der Waals surface area (Å²) in [6.07, 6.45) is 5.65. The third-order valence-electron chi connectivity index (χ3n) is 9.88. The van der Waals surface area contributed by atoms with Gasteiger partial charge in [0.2, 0.25) is 0 Å². The van der Waals surface area contributed by atoms with Crippen molar-refractivity contribution in [1.82, 2.24) is 4.90 Å². The summed E-state index contributed by atoms with van der Waals surface area (Å²) in [6.45, 7) is 1.29. The molecule has 0 fully saturated rings. The third-order valence-corrected chi connectivity index (χ3v) is 9.88. The molecule has 0 spiro atoms. The largest absolute Gasteiger partial charge is 0.492 e. The Morgan fingerprint density at radius 1 is 0.735 bits per heavy atom. The highest BCUT2D eigenvalue weighted by Crippen LogP contribution is 2.38. The van der Waals surface area contributed by atoms with Crippen molar-refractivity contribution in [1.29, 1.82) is 0 Å². The first kappa shape index (κ1) is 34.2. The summed E-state index contributed by atoms with van der Waals surface area (Å²) in [6, 6.07) is 43.4. The molecule has 0 saturated heterocycles. The van der Waals surface area contributed by atoms with Gasteiger partial charge in [0.15, 0.2) is 6.10 Å². The van der Waals surface area contributed by atoms with Crippen LogP contribution >= 0.6 is 0 Å². The van der Waals surface area contributed by atoms with E-state index in [0.717, 1.165) is 56.4 Å². The van der Waals surface area contributed by atoms with E-state index in [1.165, 1.54) is 51.6 Å². The van der Waals surface area contributed by atoms with Crippen molar-refractivity contribution in [3.05, 3.63) is 171 Å². The molecule has 1 aliphatic carbocycles. The van der Waals surface area contributed by atoms with Gasteiger partial charge in [0.1, 0.15) is 12.4 Å². The van der Waals surface area contributed by atoms with Crippen molar-refractivity contribution in [2.24, 2.45) is 0 Å². The first-order valence-corrected chi connectivity index (χ1v) is 17.5. The SMILES string of the molecule is COC(Cc1ccc(OCCN(C)C2c3ccc(CCc4ccccc4)cc3CCc3c(CCc4ccccc4)cccc32)cc1)C(=O)O. The maximum absolute atomic E-state index is 11.4. The van der Waals surface area contributed by atoms with Crippen LogP contribution in [0.1, 0.15) is 56.1 Å². The summed E-state index contributed by atoms with van der Waals surface area (Å²) in [5.41, 5.74) is 12.2. The molecule has 0 aliphatic heterocycles. The molecular weight excluding hydrogens is 606 g/mol. The van der Waals surface area contributed by atoms with E-state index in [2.05, 4.69) is 109 Å². The molecule has 0 radical (unpaired) electrons. The third kappa shape index (κ3) is 8.86. The van der Waals surface area contributed by atoms with Gasteiger partial charge in [0.05, 0.1) is 6.04 Å². The Morgan fingerprint density at radius 2 is 1.39 bits per heavy atom. The number of aliphatic carboxylic acids is 1. The molecular formula is C44H47NO4. The summed E-state index contributed by atoms with van der Waals surface area (Å²) >= 11 is 0. The summed E-state index contributed by atoms with van der Waals surface area (Å²) in [7, 11) is 3.64. The summed E-state index contributed by atoms with van der Waals surface area (Å²) in [5, 5.41) is 9.32. The average molecular weight is 654 g/mol. The van der Waals surface area contributed by atoms with Crippen LogP contribution in [0.3, 0.4) is 0 Å². The molecule has 0 aromatic heterocycles. The van der Waals surface area contributed by atoms with Gasteiger partial charge in [0, 0.05) is 20.1 Å². The molecule has 1 N–H and O–H groups in total. The predicted molar refractivity (Wildman–Crippen MR) is 197 cm³/mol. The molecule has 252 valence electrons. The van der Waals surface area contributed by atoms with E-state index in [1.807, 2.05) is 24.3 Å². The number of carbonyl (C=O) groups is 1. The van der Waals surface area contributed by atoms with Crippen LogP contribution in [0.15, 0.2) is 121 Å². The molecule has 0 amide bonds. The number of carboxylic acids is 1. The lowest BCUT2D eigenvalue weighted by molar-refractivity contribution is -0.148. The number of hydrogen-bond donors (Lipinski definition) is 1. The molecule has 0 heterocycles. The van der Waals surface area contributed by atoms with E-state index in [1.54, 1.807) is 0 Å². The molecule has 0 bridgehead atoms. The minimum absolute atomic E-state index is 0.125. The van der Waals surface area contributed by atoms with E-state index in [0.29, 0.717) is 13.0 Å². The topological polar surface area (TPSA) is 59.0 Å². The van der Waals surface area contributed by atoms with Crippen molar-refractivity contribution in [2.45, 2.75) is 57.1 Å². The van der Waals surface area contributed by atoms with Crippen molar-refractivity contribution in [2.75, 3.05) is 27.3 Å². The zero-order chi connectivity index (χ0) is 34.0. The smallest absolute Gasteiger partial charge is 0.333 e. The molecule has 5 aromatic rings. The van der Waals surface area contributed by atoms with E-state index in [4.69, 9.17) is 9.47 Å². The number of benzene rings is 5. The Balaban J connectivity index is 1.21. The van der Waals surface area contributed by atoms with Crippen LogP contribution in [0.25, 0.3) is 0 Å². The van der Waals surface area contributed by atoms with Crippen LogP contribution in [0, 0.1) is 0 Å². The van der Waals surface area contributed by atoms with Crippen LogP contribution in [0.5, 0.6) is 5.75 Å². The lowest BCUT2D eigenvalue weighted by Crippen LogP contribution is -2.30. The molecule has 5 heteroatoms. The fourth-order valence-electron chi connectivity index (χ4n) is 7.15. The van der Waals surface area contributed by atoms with E-state index < -0.39 is 12.1 Å². The first-order valence-electron chi connectivity index (χ1n) is 17.5. The standard InChI is InChI=1S/C44H47NO4/c1-45(28-29-49-38-24-19-35(20-25-38)31-42(48-2)44(46)47)43-40-26-21-34(17-16-32-10-5-3-6-11-32)30-37(40)23-27-39-36(14-9-15-41(39)43)22-18-33-12-7-4-8-13-33/h3-15,19-21,24-26,30,42-43H,16-18,22-23,27-29,31H2,1-2H3,(H,46,47). The Hall–Kier alpha value is -4.71. The molecule has 6 rings (SSSR count).